The third kappa shape index (κ3) is 4.10. The van der Waals surface area contributed by atoms with Gasteiger partial charge in [0.2, 0.25) is 69.7 Å². The van der Waals surface area contributed by atoms with Gasteiger partial charge in [-0.05, 0) is 12.1 Å². The minimum absolute atomic E-state index is 0.0721. The Balaban J connectivity index is 1.85. The Morgan fingerprint density at radius 2 is 0.727 bits per heavy atom. The average molecular weight is 504 g/mol. The number of carbonyl (C=O) groups excluding carboxylic acids is 2. The maximum atomic E-state index is 13.6. The normalized spacial score (nSPS) is 11.0. The van der Waals surface area contributed by atoms with Crippen LogP contribution < -0.4 is 9.47 Å². The van der Waals surface area contributed by atoms with Crippen molar-refractivity contribution >= 4 is 23.3 Å². The van der Waals surface area contributed by atoms with E-state index < -0.39 is 91.4 Å². The second kappa shape index (κ2) is 8.73. The number of hydrogen-bond donors (Lipinski definition) is 0. The molecule has 0 saturated carbocycles. The first kappa shape index (κ1) is 24.0. The maximum absolute atomic E-state index is 13.6. The molecular formula is C18H2F10O4S. The molecule has 0 aliphatic rings. The van der Waals surface area contributed by atoms with Crippen molar-refractivity contribution in [2.75, 3.05) is 0 Å². The van der Waals surface area contributed by atoms with E-state index in [1.807, 2.05) is 0 Å². The van der Waals surface area contributed by atoms with Gasteiger partial charge in [-0.3, -0.25) is 0 Å². The smallest absolute Gasteiger partial charge is 0.353 e. The molecule has 4 nitrogen and oxygen atoms in total. The summed E-state index contributed by atoms with van der Waals surface area (Å²) in [6.45, 7) is 0. The lowest BCUT2D eigenvalue weighted by molar-refractivity contribution is 0.0714. The van der Waals surface area contributed by atoms with Crippen molar-refractivity contribution in [1.82, 2.24) is 0 Å². The lowest BCUT2D eigenvalue weighted by Gasteiger charge is -2.08. The van der Waals surface area contributed by atoms with Crippen molar-refractivity contribution in [2.45, 2.75) is 0 Å². The van der Waals surface area contributed by atoms with Crippen molar-refractivity contribution in [1.29, 1.82) is 0 Å². The van der Waals surface area contributed by atoms with Crippen molar-refractivity contribution in [3.8, 4) is 11.5 Å². The van der Waals surface area contributed by atoms with Gasteiger partial charge in [-0.1, -0.05) is 0 Å². The van der Waals surface area contributed by atoms with E-state index in [1.165, 1.54) is 0 Å². The molecule has 15 heteroatoms. The molecule has 0 spiro atoms. The fourth-order valence-electron chi connectivity index (χ4n) is 2.19. The van der Waals surface area contributed by atoms with Crippen LogP contribution in [0.15, 0.2) is 12.1 Å². The SMILES string of the molecule is O=C(Oc1c(F)c(F)c(F)c(F)c1F)c1ccc(C(=O)Oc2c(F)c(F)c(F)c(F)c2F)s1. The number of rotatable bonds is 4. The van der Waals surface area contributed by atoms with Crippen molar-refractivity contribution in [2.24, 2.45) is 0 Å². The molecule has 0 unspecified atom stereocenters. The molecule has 0 atom stereocenters. The number of esters is 2. The first-order valence-electron chi connectivity index (χ1n) is 7.93. The first-order valence-corrected chi connectivity index (χ1v) is 8.75. The molecule has 3 aromatic rings. The summed E-state index contributed by atoms with van der Waals surface area (Å²) in [5.41, 5.74) is 0. The maximum Gasteiger partial charge on any atom is 0.353 e. The van der Waals surface area contributed by atoms with Gasteiger partial charge < -0.3 is 9.47 Å². The topological polar surface area (TPSA) is 52.6 Å². The Bertz CT molecular complexity index is 1160. The molecule has 0 N–H and O–H groups in total. The van der Waals surface area contributed by atoms with Crippen LogP contribution in [0.4, 0.5) is 43.9 Å². The summed E-state index contributed by atoms with van der Waals surface area (Å²) in [5.74, 6) is -31.9. The lowest BCUT2D eigenvalue weighted by Crippen LogP contribution is -2.13. The number of ether oxygens (including phenoxy) is 2. The molecular weight excluding hydrogens is 502 g/mol. The third-order valence-corrected chi connectivity index (χ3v) is 4.78. The van der Waals surface area contributed by atoms with Gasteiger partial charge in [-0.25, -0.2) is 35.9 Å². The van der Waals surface area contributed by atoms with Crippen molar-refractivity contribution < 1.29 is 63.0 Å². The van der Waals surface area contributed by atoms with Gasteiger partial charge in [-0.2, -0.15) is 17.6 Å². The number of benzene rings is 2. The van der Waals surface area contributed by atoms with Gasteiger partial charge in [0.15, 0.2) is 0 Å². The van der Waals surface area contributed by atoms with Gasteiger partial charge in [-0.15, -0.1) is 11.3 Å². The van der Waals surface area contributed by atoms with Gasteiger partial charge >= 0.3 is 11.9 Å². The summed E-state index contributed by atoms with van der Waals surface area (Å²) in [7, 11) is 0. The summed E-state index contributed by atoms with van der Waals surface area (Å²) in [5, 5.41) is 0. The molecule has 0 radical (unpaired) electrons. The molecule has 0 amide bonds. The number of halogens is 10. The quantitative estimate of drug-likeness (QED) is 0.153. The van der Waals surface area contributed by atoms with Crippen LogP contribution in [0, 0.1) is 58.2 Å². The summed E-state index contributed by atoms with van der Waals surface area (Å²) >= 11 is 0.0721. The zero-order valence-corrected chi connectivity index (χ0v) is 15.8. The predicted octanol–water partition coefficient (Wildman–Crippen LogP) is 5.58. The van der Waals surface area contributed by atoms with Crippen LogP contribution in [0.2, 0.25) is 0 Å². The van der Waals surface area contributed by atoms with Crippen molar-refractivity contribution in [3.63, 3.8) is 0 Å². The third-order valence-electron chi connectivity index (χ3n) is 3.74. The summed E-state index contributed by atoms with van der Waals surface area (Å²) in [4.78, 5) is 22.5. The van der Waals surface area contributed by atoms with Gasteiger partial charge in [0.05, 0.1) is 0 Å². The highest BCUT2D eigenvalue weighted by molar-refractivity contribution is 7.15. The fourth-order valence-corrected chi connectivity index (χ4v) is 2.95. The molecule has 0 saturated heterocycles. The molecule has 0 aliphatic heterocycles. The van der Waals surface area contributed by atoms with Crippen LogP contribution in [-0.2, 0) is 0 Å². The van der Waals surface area contributed by atoms with E-state index in [9.17, 15) is 53.5 Å². The second-order valence-electron chi connectivity index (χ2n) is 5.74. The highest BCUT2D eigenvalue weighted by Crippen LogP contribution is 2.32. The Morgan fingerprint density at radius 3 is 1.00 bits per heavy atom. The average Bonchev–Trinajstić information content (AvgIpc) is 3.30. The minimum atomic E-state index is -2.51. The van der Waals surface area contributed by atoms with E-state index in [4.69, 9.17) is 0 Å². The Morgan fingerprint density at radius 1 is 0.485 bits per heavy atom. The van der Waals surface area contributed by atoms with E-state index in [2.05, 4.69) is 9.47 Å². The summed E-state index contributed by atoms with van der Waals surface area (Å²) in [6, 6.07) is 1.43. The van der Waals surface area contributed by atoms with Crippen LogP contribution in [0.5, 0.6) is 11.5 Å². The highest BCUT2D eigenvalue weighted by Gasteiger charge is 2.31. The van der Waals surface area contributed by atoms with E-state index in [0.717, 1.165) is 0 Å². The Hall–Kier alpha value is -3.62. The van der Waals surface area contributed by atoms with Crippen LogP contribution >= 0.6 is 11.3 Å². The van der Waals surface area contributed by atoms with Gasteiger partial charge in [0.25, 0.3) is 0 Å². The molecule has 1 aromatic heterocycles. The minimum Gasteiger partial charge on any atom is -0.416 e. The highest BCUT2D eigenvalue weighted by atomic mass is 32.1. The second-order valence-corrected chi connectivity index (χ2v) is 6.82. The zero-order valence-electron chi connectivity index (χ0n) is 15.0. The van der Waals surface area contributed by atoms with Gasteiger partial charge in [0, 0.05) is 0 Å². The lowest BCUT2D eigenvalue weighted by atomic mass is 10.2. The monoisotopic (exact) mass is 504 g/mol. The molecule has 33 heavy (non-hydrogen) atoms. The molecule has 1 heterocycles. The van der Waals surface area contributed by atoms with Crippen LogP contribution in [-0.4, -0.2) is 11.9 Å². The largest absolute Gasteiger partial charge is 0.416 e. The molecule has 2 aromatic carbocycles. The standard InChI is InChI=1S/C18H2F10O4S/c19-5-7(21)11(25)15(12(26)8(5)22)31-17(29)3-1-2-4(33-3)18(30)32-16-13(27)9(23)6(20)10(24)14(16)28/h1-2H. The number of hydrogen-bond acceptors (Lipinski definition) is 5. The summed E-state index contributed by atoms with van der Waals surface area (Å²) in [6.07, 6.45) is 0. The van der Waals surface area contributed by atoms with E-state index in [0.29, 0.717) is 12.1 Å². The van der Waals surface area contributed by atoms with Crippen LogP contribution in [0.3, 0.4) is 0 Å². The Labute approximate surface area is 178 Å². The van der Waals surface area contributed by atoms with Crippen LogP contribution in [0.1, 0.15) is 19.3 Å². The Kier molecular flexibility index (Phi) is 6.35. The molecule has 174 valence electrons. The molecule has 0 fully saturated rings. The molecule has 3 rings (SSSR count). The van der Waals surface area contributed by atoms with Crippen molar-refractivity contribution in [3.05, 3.63) is 80.1 Å². The zero-order chi connectivity index (χ0) is 24.8. The number of carbonyl (C=O) groups is 2. The van der Waals surface area contributed by atoms with E-state index in [-0.39, 0.29) is 11.3 Å². The molecule has 0 bridgehead atoms. The van der Waals surface area contributed by atoms with Crippen LogP contribution in [0.25, 0.3) is 0 Å². The molecule has 0 aliphatic carbocycles. The number of thiophene rings is 1. The van der Waals surface area contributed by atoms with Gasteiger partial charge in [0.1, 0.15) is 9.75 Å². The fraction of sp³-hybridized carbons (Fsp3) is 0. The first-order chi connectivity index (χ1) is 15.4. The summed E-state index contributed by atoms with van der Waals surface area (Å²) < 4.78 is 141. The van der Waals surface area contributed by atoms with E-state index in [1.54, 1.807) is 0 Å². The predicted molar refractivity (Wildman–Crippen MR) is 86.7 cm³/mol. The van der Waals surface area contributed by atoms with E-state index >= 15 is 0 Å².